The Kier molecular flexibility index (Phi) is 6.50. The van der Waals surface area contributed by atoms with E-state index < -0.39 is 0 Å². The molecule has 1 saturated heterocycles. The van der Waals surface area contributed by atoms with E-state index in [1.54, 1.807) is 7.11 Å². The van der Waals surface area contributed by atoms with Crippen LogP contribution in [0.4, 0.5) is 0 Å². The Morgan fingerprint density at radius 1 is 1.15 bits per heavy atom. The van der Waals surface area contributed by atoms with Crippen LogP contribution in [0.15, 0.2) is 48.5 Å². The number of carbonyl (C=O) groups is 1. The molecule has 0 aliphatic carbocycles. The maximum Gasteiger partial charge on any atom is 0.221 e. The molecule has 1 aliphatic heterocycles. The van der Waals surface area contributed by atoms with E-state index in [0.717, 1.165) is 30.5 Å². The summed E-state index contributed by atoms with van der Waals surface area (Å²) >= 11 is 0. The average Bonchev–Trinajstić information content (AvgIpc) is 3.18. The largest absolute Gasteiger partial charge is 0.493 e. The summed E-state index contributed by atoms with van der Waals surface area (Å²) in [5, 5.41) is 6.32. The molecule has 2 N–H and O–H groups in total. The van der Waals surface area contributed by atoms with Gasteiger partial charge in [0.1, 0.15) is 6.61 Å². The zero-order chi connectivity index (χ0) is 18.2. The summed E-state index contributed by atoms with van der Waals surface area (Å²) in [4.78, 5) is 12.0. The molecule has 5 nitrogen and oxygen atoms in total. The molecule has 0 radical (unpaired) electrons. The van der Waals surface area contributed by atoms with Crippen LogP contribution in [0.2, 0.25) is 0 Å². The number of carbonyl (C=O) groups excluding carboxylic acids is 1. The third-order valence-corrected chi connectivity index (χ3v) is 4.55. The lowest BCUT2D eigenvalue weighted by Crippen LogP contribution is -2.31. The van der Waals surface area contributed by atoms with Gasteiger partial charge >= 0.3 is 0 Å². The molecule has 0 spiro atoms. The quantitative estimate of drug-likeness (QED) is 0.765. The summed E-state index contributed by atoms with van der Waals surface area (Å²) in [6.45, 7) is 1.99. The van der Waals surface area contributed by atoms with Crippen LogP contribution in [0.5, 0.6) is 11.5 Å². The summed E-state index contributed by atoms with van der Waals surface area (Å²) in [5.41, 5.74) is 2.09. The van der Waals surface area contributed by atoms with Crippen molar-refractivity contribution in [3.8, 4) is 11.5 Å². The average molecular weight is 354 g/mol. The number of rotatable bonds is 8. The van der Waals surface area contributed by atoms with E-state index >= 15 is 0 Å². The van der Waals surface area contributed by atoms with Gasteiger partial charge < -0.3 is 20.1 Å². The van der Waals surface area contributed by atoms with Gasteiger partial charge in [-0.3, -0.25) is 4.79 Å². The predicted molar refractivity (Wildman–Crippen MR) is 101 cm³/mol. The van der Waals surface area contributed by atoms with Crippen molar-refractivity contribution in [2.75, 3.05) is 13.7 Å². The molecule has 1 heterocycles. The van der Waals surface area contributed by atoms with Crippen LogP contribution in [0.1, 0.15) is 30.4 Å². The first-order valence-corrected chi connectivity index (χ1v) is 9.08. The summed E-state index contributed by atoms with van der Waals surface area (Å²) in [7, 11) is 1.62. The monoisotopic (exact) mass is 354 g/mol. The first-order valence-electron chi connectivity index (χ1n) is 9.08. The van der Waals surface area contributed by atoms with Gasteiger partial charge in [-0.15, -0.1) is 0 Å². The van der Waals surface area contributed by atoms with Gasteiger partial charge in [0.2, 0.25) is 5.91 Å². The van der Waals surface area contributed by atoms with Crippen molar-refractivity contribution < 1.29 is 14.3 Å². The standard InChI is InChI=1S/C21H26N2O3/c1-25-20-12-17(14-23-21(24)13-18-8-5-11-22-18)9-10-19(20)26-15-16-6-3-2-4-7-16/h2-4,6-7,9-10,12,18,22H,5,8,11,13-15H2,1H3,(H,23,24). The molecule has 0 aromatic heterocycles. The van der Waals surface area contributed by atoms with E-state index in [0.29, 0.717) is 37.1 Å². The lowest BCUT2D eigenvalue weighted by atomic mass is 10.1. The fraction of sp³-hybridized carbons (Fsp3) is 0.381. The van der Waals surface area contributed by atoms with Gasteiger partial charge in [0.25, 0.3) is 0 Å². The van der Waals surface area contributed by atoms with Crippen LogP contribution in [0, 0.1) is 0 Å². The van der Waals surface area contributed by atoms with Crippen molar-refractivity contribution in [3.63, 3.8) is 0 Å². The summed E-state index contributed by atoms with van der Waals surface area (Å²) in [6, 6.07) is 16.1. The van der Waals surface area contributed by atoms with Gasteiger partial charge in [-0.1, -0.05) is 36.4 Å². The summed E-state index contributed by atoms with van der Waals surface area (Å²) < 4.78 is 11.3. The first kappa shape index (κ1) is 18.3. The highest BCUT2D eigenvalue weighted by Crippen LogP contribution is 2.28. The summed E-state index contributed by atoms with van der Waals surface area (Å²) in [5.74, 6) is 1.44. The van der Waals surface area contributed by atoms with Gasteiger partial charge in [0.05, 0.1) is 7.11 Å². The number of hydrogen-bond donors (Lipinski definition) is 2. The van der Waals surface area contributed by atoms with Crippen LogP contribution in [0.3, 0.4) is 0 Å². The van der Waals surface area contributed by atoms with Crippen LogP contribution >= 0.6 is 0 Å². The minimum absolute atomic E-state index is 0.0766. The molecule has 1 aliphatic rings. The van der Waals surface area contributed by atoms with Gasteiger partial charge in [0.15, 0.2) is 11.5 Å². The van der Waals surface area contributed by atoms with Crippen molar-refractivity contribution in [3.05, 3.63) is 59.7 Å². The van der Waals surface area contributed by atoms with Gasteiger partial charge in [-0.2, -0.15) is 0 Å². The fourth-order valence-electron chi connectivity index (χ4n) is 3.10. The number of ether oxygens (including phenoxy) is 2. The van der Waals surface area contributed by atoms with Crippen molar-refractivity contribution in [2.24, 2.45) is 0 Å². The number of benzene rings is 2. The third kappa shape index (κ3) is 5.23. The van der Waals surface area contributed by atoms with Crippen LogP contribution in [-0.2, 0) is 17.9 Å². The van der Waals surface area contributed by atoms with Crippen LogP contribution in [-0.4, -0.2) is 25.6 Å². The topological polar surface area (TPSA) is 59.6 Å². The predicted octanol–water partition coefficient (Wildman–Crippen LogP) is 3.03. The van der Waals surface area contributed by atoms with Crippen molar-refractivity contribution in [2.45, 2.75) is 38.5 Å². The normalized spacial score (nSPS) is 16.3. The Balaban J connectivity index is 1.53. The van der Waals surface area contributed by atoms with Gasteiger partial charge in [0, 0.05) is 19.0 Å². The third-order valence-electron chi connectivity index (χ3n) is 4.55. The smallest absolute Gasteiger partial charge is 0.221 e. The van der Waals surface area contributed by atoms with E-state index in [1.807, 2.05) is 48.5 Å². The Morgan fingerprint density at radius 3 is 2.73 bits per heavy atom. The van der Waals surface area contributed by atoms with E-state index in [2.05, 4.69) is 10.6 Å². The molecule has 1 amide bonds. The molecule has 1 atom stereocenters. The lowest BCUT2D eigenvalue weighted by molar-refractivity contribution is -0.121. The molecular formula is C21H26N2O3. The van der Waals surface area contributed by atoms with Crippen molar-refractivity contribution in [1.29, 1.82) is 0 Å². The summed E-state index contributed by atoms with van der Waals surface area (Å²) in [6.07, 6.45) is 2.77. The SMILES string of the molecule is COc1cc(CNC(=O)CC2CCCN2)ccc1OCc1ccccc1. The van der Waals surface area contributed by atoms with E-state index in [4.69, 9.17) is 9.47 Å². The van der Waals surface area contributed by atoms with E-state index in [-0.39, 0.29) is 5.91 Å². The second-order valence-electron chi connectivity index (χ2n) is 6.53. The Bertz CT molecular complexity index is 712. The molecule has 2 aromatic carbocycles. The van der Waals surface area contributed by atoms with Gasteiger partial charge in [-0.25, -0.2) is 0 Å². The second-order valence-corrected chi connectivity index (χ2v) is 6.53. The fourth-order valence-corrected chi connectivity index (χ4v) is 3.10. The molecule has 5 heteroatoms. The molecule has 26 heavy (non-hydrogen) atoms. The molecule has 2 aromatic rings. The first-order chi connectivity index (χ1) is 12.7. The highest BCUT2D eigenvalue weighted by Gasteiger charge is 2.17. The number of nitrogens with one attached hydrogen (secondary N) is 2. The Morgan fingerprint density at radius 2 is 2.00 bits per heavy atom. The maximum atomic E-state index is 12.0. The van der Waals surface area contributed by atoms with Crippen LogP contribution in [0.25, 0.3) is 0 Å². The molecule has 3 rings (SSSR count). The Hall–Kier alpha value is -2.53. The molecule has 0 bridgehead atoms. The lowest BCUT2D eigenvalue weighted by Gasteiger charge is -2.13. The molecule has 1 fully saturated rings. The van der Waals surface area contributed by atoms with Crippen LogP contribution < -0.4 is 20.1 Å². The van der Waals surface area contributed by atoms with Crippen molar-refractivity contribution >= 4 is 5.91 Å². The number of hydrogen-bond acceptors (Lipinski definition) is 4. The van der Waals surface area contributed by atoms with Gasteiger partial charge in [-0.05, 0) is 42.6 Å². The van der Waals surface area contributed by atoms with E-state index in [1.165, 1.54) is 0 Å². The second kappa shape index (κ2) is 9.25. The van der Waals surface area contributed by atoms with Crippen molar-refractivity contribution in [1.82, 2.24) is 10.6 Å². The maximum absolute atomic E-state index is 12.0. The minimum Gasteiger partial charge on any atom is -0.493 e. The number of methoxy groups -OCH3 is 1. The minimum atomic E-state index is 0.0766. The molecular weight excluding hydrogens is 328 g/mol. The van der Waals surface area contributed by atoms with E-state index in [9.17, 15) is 4.79 Å². The molecule has 138 valence electrons. The number of amides is 1. The molecule has 1 unspecified atom stereocenters. The zero-order valence-electron chi connectivity index (χ0n) is 15.2. The highest BCUT2D eigenvalue weighted by molar-refractivity contribution is 5.76. The highest BCUT2D eigenvalue weighted by atomic mass is 16.5. The molecule has 0 saturated carbocycles. The zero-order valence-corrected chi connectivity index (χ0v) is 15.2. The Labute approximate surface area is 154 Å².